The molecular weight excluding hydrogens is 895 g/mol. The highest BCUT2D eigenvalue weighted by atomic mass is 19.2. The summed E-state index contributed by atoms with van der Waals surface area (Å²) in [7, 11) is 0. The van der Waals surface area contributed by atoms with Crippen LogP contribution in [-0.4, -0.2) is 4.40 Å². The van der Waals surface area contributed by atoms with Crippen molar-refractivity contribution in [2.75, 3.05) is 0 Å². The van der Waals surface area contributed by atoms with Crippen LogP contribution in [0.5, 0.6) is 0 Å². The number of nitriles is 2. The summed E-state index contributed by atoms with van der Waals surface area (Å²) in [5, 5.41) is 28.5. The summed E-state index contributed by atoms with van der Waals surface area (Å²) in [5.41, 5.74) is 0.623. The minimum Gasteiger partial charge on any atom is -0.456 e. The fourth-order valence-electron chi connectivity index (χ4n) is 16.9. The van der Waals surface area contributed by atoms with Crippen molar-refractivity contribution in [3.63, 3.8) is 0 Å². The molecule has 0 saturated heterocycles. The number of rotatable bonds is 2. The number of para-hydroxylation sites is 2. The van der Waals surface area contributed by atoms with E-state index in [1.807, 2.05) is 77.2 Å². The molecule has 7 aromatic carbocycles. The zero-order chi connectivity index (χ0) is 47.2. The fourth-order valence-corrected chi connectivity index (χ4v) is 16.9. The van der Waals surface area contributed by atoms with Gasteiger partial charge < -0.3 is 13.2 Å². The van der Waals surface area contributed by atoms with Crippen LogP contribution in [0.4, 0.5) is 17.6 Å². The summed E-state index contributed by atoms with van der Waals surface area (Å²) in [4.78, 5) is 0. The van der Waals surface area contributed by atoms with Crippen molar-refractivity contribution in [3.05, 3.63) is 137 Å². The first-order valence-electron chi connectivity index (χ1n) is 25.3. The lowest BCUT2D eigenvalue weighted by molar-refractivity contribution is -0.0306. The van der Waals surface area contributed by atoms with E-state index in [-0.39, 0.29) is 108 Å². The van der Waals surface area contributed by atoms with E-state index in [0.29, 0.717) is 49.3 Å². The van der Waals surface area contributed by atoms with Crippen LogP contribution in [0, 0.1) is 46.3 Å². The first-order chi connectivity index (χ1) is 34.4. The average Bonchev–Trinajstić information content (AvgIpc) is 4.07. The third-order valence-corrected chi connectivity index (χ3v) is 18.8. The molecule has 0 spiro atoms. The first kappa shape index (κ1) is 39.4. The van der Waals surface area contributed by atoms with Crippen LogP contribution in [-0.2, 0) is 22.7 Å². The molecule has 4 heterocycles. The smallest absolute Gasteiger partial charge is 0.138 e. The number of benzene rings is 7. The van der Waals surface area contributed by atoms with Crippen molar-refractivity contribution in [1.82, 2.24) is 4.40 Å². The SMILES string of the molecule is N#Cc1cc2c(c3c1C1(F)CC4CC(C1)CC3(F)C4)c1c(-c3ccc4c(c3)oc3ccccc34)cc(-c3ccc4c(c3)oc3ccccc34)c3c4c5c(c(C#N)cc4n2c13)C1(F)CC2CC(C1)CC5(F)C2. The molecule has 8 aliphatic carbocycles. The minimum absolute atomic E-state index is 0.0889. The van der Waals surface area contributed by atoms with Gasteiger partial charge in [0, 0.05) is 65.3 Å². The number of hydrogen-bond donors (Lipinski definition) is 0. The molecular formula is C62H41F4N3O2. The van der Waals surface area contributed by atoms with Crippen molar-refractivity contribution >= 4 is 82.0 Å². The highest BCUT2D eigenvalue weighted by Gasteiger charge is 2.61. The van der Waals surface area contributed by atoms with Gasteiger partial charge in [0.25, 0.3) is 0 Å². The summed E-state index contributed by atoms with van der Waals surface area (Å²) >= 11 is 0. The van der Waals surface area contributed by atoms with Crippen LogP contribution in [0.15, 0.2) is 112 Å². The van der Waals surface area contributed by atoms with E-state index in [0.717, 1.165) is 67.8 Å². The molecule has 5 nitrogen and oxygen atoms in total. The maximum atomic E-state index is 19.0. The zero-order valence-corrected chi connectivity index (χ0v) is 38.4. The molecule has 8 aliphatic rings. The maximum absolute atomic E-state index is 19.0. The molecule has 4 saturated carbocycles. The van der Waals surface area contributed by atoms with Gasteiger partial charge in [-0.3, -0.25) is 0 Å². The van der Waals surface area contributed by atoms with Gasteiger partial charge in [-0.1, -0.05) is 48.5 Å². The maximum Gasteiger partial charge on any atom is 0.138 e. The minimum atomic E-state index is -1.95. The molecule has 4 aromatic heterocycles. The number of furan rings is 2. The Balaban J connectivity index is 1.12. The number of aromatic nitrogens is 1. The van der Waals surface area contributed by atoms with Gasteiger partial charge in [-0.05, 0) is 165 Å². The molecule has 0 amide bonds. The van der Waals surface area contributed by atoms with Gasteiger partial charge >= 0.3 is 0 Å². The highest BCUT2D eigenvalue weighted by Crippen LogP contribution is 2.68. The molecule has 0 radical (unpaired) electrons. The molecule has 4 unspecified atom stereocenters. The topological polar surface area (TPSA) is 78.3 Å². The Kier molecular flexibility index (Phi) is 6.97. The fraction of sp³-hybridized carbons (Fsp3) is 0.290. The Morgan fingerprint density at radius 3 is 1.23 bits per heavy atom. The average molecular weight is 936 g/mol. The number of hydrogen-bond acceptors (Lipinski definition) is 4. The third-order valence-electron chi connectivity index (χ3n) is 18.8. The molecule has 4 atom stereocenters. The zero-order valence-electron chi connectivity index (χ0n) is 38.4. The molecule has 71 heavy (non-hydrogen) atoms. The standard InChI is InChI=1S/C62H41F4N3O2/c63-59-20-30-13-31(21-59)25-61(65,24-30)56-52-44(15-36(28-67)54(56)59)69-45-16-37(29-68)55-57(62(66)26-32-14-33(27-62)23-60(55,64)22-32)53(45)51-43(35-10-12-41-39-6-2-4-8-47(39)71-49(41)18-35)19-42(50(52)58(51)69)34-9-11-40-38-5-1-3-7-46(38)70-48(40)17-34/h1-12,15-19,30-33H,13-14,20-27H2. The molecule has 4 fully saturated rings. The number of fused-ring (bicyclic) bond motifs is 12. The third kappa shape index (κ3) is 4.73. The Morgan fingerprint density at radius 1 is 0.437 bits per heavy atom. The van der Waals surface area contributed by atoms with Crippen molar-refractivity contribution in [2.24, 2.45) is 23.7 Å². The van der Waals surface area contributed by atoms with Gasteiger partial charge in [0.15, 0.2) is 0 Å². The van der Waals surface area contributed by atoms with Gasteiger partial charge in [0.1, 0.15) is 45.0 Å². The van der Waals surface area contributed by atoms with Crippen LogP contribution in [0.25, 0.3) is 104 Å². The molecule has 9 heteroatoms. The summed E-state index contributed by atoms with van der Waals surface area (Å²) < 4.78 is 89.6. The number of nitrogens with zero attached hydrogens (tertiary/aromatic N) is 3. The Morgan fingerprint density at radius 2 is 0.817 bits per heavy atom. The van der Waals surface area contributed by atoms with Crippen LogP contribution in [0.1, 0.15) is 97.6 Å². The molecule has 0 N–H and O–H groups in total. The Labute approximate surface area is 403 Å². The van der Waals surface area contributed by atoms with E-state index in [9.17, 15) is 10.5 Å². The van der Waals surface area contributed by atoms with E-state index in [2.05, 4.69) is 30.3 Å². The van der Waals surface area contributed by atoms with Crippen molar-refractivity contribution < 1.29 is 26.4 Å². The van der Waals surface area contributed by atoms with Gasteiger partial charge in [-0.25, -0.2) is 17.6 Å². The Hall–Kier alpha value is -7.36. The second-order valence-corrected chi connectivity index (χ2v) is 22.8. The lowest BCUT2D eigenvalue weighted by atomic mass is 9.65. The monoisotopic (exact) mass is 935 g/mol. The quantitative estimate of drug-likeness (QED) is 0.162. The van der Waals surface area contributed by atoms with Crippen molar-refractivity contribution in [2.45, 2.75) is 86.9 Å². The van der Waals surface area contributed by atoms with Gasteiger partial charge in [-0.15, -0.1) is 0 Å². The predicted octanol–water partition coefficient (Wildman–Crippen LogP) is 16.8. The molecule has 344 valence electrons. The predicted molar refractivity (Wildman–Crippen MR) is 267 cm³/mol. The summed E-state index contributed by atoms with van der Waals surface area (Å²) in [6, 6.07) is 38.3. The highest BCUT2D eigenvalue weighted by molar-refractivity contribution is 6.32. The largest absolute Gasteiger partial charge is 0.456 e. The molecule has 11 aromatic rings. The van der Waals surface area contributed by atoms with E-state index in [4.69, 9.17) is 8.83 Å². The van der Waals surface area contributed by atoms with E-state index in [1.54, 1.807) is 12.1 Å². The summed E-state index contributed by atoms with van der Waals surface area (Å²) in [6.45, 7) is 0. The van der Waals surface area contributed by atoms with Crippen LogP contribution in [0.2, 0.25) is 0 Å². The van der Waals surface area contributed by atoms with E-state index in [1.165, 1.54) is 0 Å². The second-order valence-electron chi connectivity index (χ2n) is 22.8. The van der Waals surface area contributed by atoms with E-state index < -0.39 is 22.7 Å². The van der Waals surface area contributed by atoms with Gasteiger partial charge in [0.2, 0.25) is 0 Å². The van der Waals surface area contributed by atoms with Crippen LogP contribution < -0.4 is 0 Å². The van der Waals surface area contributed by atoms with Crippen LogP contribution in [0.3, 0.4) is 0 Å². The number of alkyl halides is 4. The Bertz CT molecular complexity index is 4110. The second kappa shape index (κ2) is 12.6. The van der Waals surface area contributed by atoms with Crippen molar-refractivity contribution in [1.29, 1.82) is 10.5 Å². The van der Waals surface area contributed by atoms with E-state index >= 15 is 17.6 Å². The lowest BCUT2D eigenvalue weighted by Gasteiger charge is -2.43. The summed E-state index contributed by atoms with van der Waals surface area (Å²) in [5.74, 6) is -0.753. The van der Waals surface area contributed by atoms with Crippen LogP contribution >= 0.6 is 0 Å². The first-order valence-corrected chi connectivity index (χ1v) is 25.3. The van der Waals surface area contributed by atoms with Gasteiger partial charge in [0.05, 0.1) is 39.8 Å². The van der Waals surface area contributed by atoms with Crippen molar-refractivity contribution in [3.8, 4) is 34.4 Å². The number of halogens is 4. The molecule has 0 aliphatic heterocycles. The normalized spacial score (nSPS) is 29.3. The van der Waals surface area contributed by atoms with Gasteiger partial charge in [-0.2, -0.15) is 10.5 Å². The molecule has 19 rings (SSSR count). The summed E-state index contributed by atoms with van der Waals surface area (Å²) in [6.07, 6.45) is 2.72. The molecule has 8 bridgehead atoms. The lowest BCUT2D eigenvalue weighted by Crippen LogP contribution is -2.38.